The van der Waals surface area contributed by atoms with Crippen LogP contribution in [0.15, 0.2) is 42.7 Å². The van der Waals surface area contributed by atoms with Gasteiger partial charge in [-0.3, -0.25) is 9.48 Å². The van der Waals surface area contributed by atoms with Gasteiger partial charge in [0.15, 0.2) is 0 Å². The van der Waals surface area contributed by atoms with Gasteiger partial charge < -0.3 is 15.8 Å². The Labute approximate surface area is 123 Å². The topological polar surface area (TPSA) is 82.2 Å². The third kappa shape index (κ3) is 5.66. The Hall–Kier alpha value is -2.34. The highest BCUT2D eigenvalue weighted by Gasteiger charge is 2.03. The molecule has 2 rings (SSSR count). The minimum absolute atomic E-state index is 0.0823. The number of amides is 1. The molecule has 3 N–H and O–H groups in total. The summed E-state index contributed by atoms with van der Waals surface area (Å²) in [5.41, 5.74) is 7.23. The third-order valence-electron chi connectivity index (χ3n) is 2.86. The molecule has 0 unspecified atom stereocenters. The van der Waals surface area contributed by atoms with Gasteiger partial charge >= 0.3 is 0 Å². The zero-order chi connectivity index (χ0) is 14.9. The molecule has 2 aromatic rings. The lowest BCUT2D eigenvalue weighted by Gasteiger charge is -2.06. The van der Waals surface area contributed by atoms with Crippen LogP contribution in [-0.2, 0) is 22.7 Å². The maximum atomic E-state index is 11.6. The Morgan fingerprint density at radius 2 is 2.14 bits per heavy atom. The second kappa shape index (κ2) is 8.06. The summed E-state index contributed by atoms with van der Waals surface area (Å²) in [6, 6.07) is 10.0. The van der Waals surface area contributed by atoms with E-state index in [9.17, 15) is 4.79 Å². The molecule has 21 heavy (non-hydrogen) atoms. The molecular weight excluding hydrogens is 268 g/mol. The Bertz CT molecular complexity index is 554. The fourth-order valence-corrected chi connectivity index (χ4v) is 1.84. The predicted molar refractivity (Wildman–Crippen MR) is 80.4 cm³/mol. The third-order valence-corrected chi connectivity index (χ3v) is 2.86. The van der Waals surface area contributed by atoms with E-state index < -0.39 is 0 Å². The van der Waals surface area contributed by atoms with Crippen LogP contribution in [0.5, 0.6) is 0 Å². The second-order valence-corrected chi connectivity index (χ2v) is 4.71. The molecule has 6 heteroatoms. The molecule has 1 aromatic carbocycles. The number of carbonyl (C=O) groups is 1. The van der Waals surface area contributed by atoms with E-state index in [1.807, 2.05) is 30.3 Å². The number of anilines is 1. The smallest absolute Gasteiger partial charge is 0.241 e. The van der Waals surface area contributed by atoms with Crippen LogP contribution in [0.1, 0.15) is 12.0 Å². The number of nitrogens with zero attached hydrogens (tertiary/aromatic N) is 2. The average Bonchev–Trinajstić information content (AvgIpc) is 2.89. The summed E-state index contributed by atoms with van der Waals surface area (Å²) >= 11 is 0. The van der Waals surface area contributed by atoms with Gasteiger partial charge in [0.25, 0.3) is 0 Å². The number of hydrogen-bond donors (Lipinski definition) is 2. The minimum atomic E-state index is -0.0823. The van der Waals surface area contributed by atoms with E-state index in [2.05, 4.69) is 10.4 Å². The number of hydrogen-bond acceptors (Lipinski definition) is 4. The Balaban J connectivity index is 1.52. The van der Waals surface area contributed by atoms with Crippen molar-refractivity contribution >= 4 is 11.6 Å². The maximum absolute atomic E-state index is 11.6. The molecule has 1 amide bonds. The second-order valence-electron chi connectivity index (χ2n) is 4.71. The molecule has 0 spiro atoms. The first-order valence-electron chi connectivity index (χ1n) is 6.90. The van der Waals surface area contributed by atoms with Crippen molar-refractivity contribution in [1.29, 1.82) is 0 Å². The highest BCUT2D eigenvalue weighted by atomic mass is 16.5. The van der Waals surface area contributed by atoms with Gasteiger partial charge in [-0.25, -0.2) is 0 Å². The highest BCUT2D eigenvalue weighted by molar-refractivity contribution is 5.75. The van der Waals surface area contributed by atoms with Crippen molar-refractivity contribution < 1.29 is 9.53 Å². The van der Waals surface area contributed by atoms with Crippen LogP contribution in [-0.4, -0.2) is 28.8 Å². The number of aromatic nitrogens is 2. The van der Waals surface area contributed by atoms with Gasteiger partial charge in [-0.2, -0.15) is 5.10 Å². The Kier molecular flexibility index (Phi) is 5.78. The fourth-order valence-electron chi connectivity index (χ4n) is 1.84. The van der Waals surface area contributed by atoms with Crippen LogP contribution in [0.4, 0.5) is 5.69 Å². The molecule has 1 aromatic heterocycles. The zero-order valence-electron chi connectivity index (χ0n) is 11.9. The normalized spacial score (nSPS) is 10.5. The molecule has 0 saturated carbocycles. The number of rotatable bonds is 8. The quantitative estimate of drug-likeness (QED) is 0.715. The number of ether oxygens (including phenoxy) is 1. The molecule has 0 saturated heterocycles. The van der Waals surface area contributed by atoms with Gasteiger partial charge in [-0.05, 0) is 12.0 Å². The van der Waals surface area contributed by atoms with Crippen molar-refractivity contribution in [3.63, 3.8) is 0 Å². The first-order valence-corrected chi connectivity index (χ1v) is 6.90. The predicted octanol–water partition coefficient (Wildman–Crippen LogP) is 1.19. The molecule has 0 radical (unpaired) electrons. The van der Waals surface area contributed by atoms with E-state index in [4.69, 9.17) is 10.5 Å². The standard InChI is InChI=1S/C15H20N4O2/c16-14-9-18-19(10-14)11-15(20)17-7-4-8-21-12-13-5-2-1-3-6-13/h1-3,5-6,9-10H,4,7-8,11-12,16H2,(H,17,20). The number of nitrogens with two attached hydrogens (primary N) is 1. The summed E-state index contributed by atoms with van der Waals surface area (Å²) in [7, 11) is 0. The molecule has 0 bridgehead atoms. The van der Waals surface area contributed by atoms with Crippen LogP contribution in [0, 0.1) is 0 Å². The molecule has 112 valence electrons. The average molecular weight is 288 g/mol. The van der Waals surface area contributed by atoms with Crippen LogP contribution in [0.3, 0.4) is 0 Å². The van der Waals surface area contributed by atoms with E-state index in [1.54, 1.807) is 6.20 Å². The van der Waals surface area contributed by atoms with Crippen LogP contribution >= 0.6 is 0 Å². The molecule has 0 aliphatic rings. The summed E-state index contributed by atoms with van der Waals surface area (Å²) in [5.74, 6) is -0.0823. The minimum Gasteiger partial charge on any atom is -0.396 e. The fraction of sp³-hybridized carbons (Fsp3) is 0.333. The number of nitrogen functional groups attached to an aromatic ring is 1. The van der Waals surface area contributed by atoms with Gasteiger partial charge in [-0.1, -0.05) is 30.3 Å². The molecule has 0 atom stereocenters. The van der Waals surface area contributed by atoms with E-state index in [1.165, 1.54) is 10.9 Å². The summed E-state index contributed by atoms with van der Waals surface area (Å²) in [6.07, 6.45) is 3.92. The lowest BCUT2D eigenvalue weighted by Crippen LogP contribution is -2.29. The first-order chi connectivity index (χ1) is 10.2. The van der Waals surface area contributed by atoms with E-state index >= 15 is 0 Å². The molecule has 1 heterocycles. The molecule has 0 aliphatic carbocycles. The SMILES string of the molecule is Nc1cnn(CC(=O)NCCCOCc2ccccc2)c1. The van der Waals surface area contributed by atoms with Gasteiger partial charge in [-0.15, -0.1) is 0 Å². The van der Waals surface area contributed by atoms with Crippen LogP contribution in [0.2, 0.25) is 0 Å². The summed E-state index contributed by atoms with van der Waals surface area (Å²) in [6.45, 7) is 1.98. The van der Waals surface area contributed by atoms with Gasteiger partial charge in [0.2, 0.25) is 5.91 Å². The largest absolute Gasteiger partial charge is 0.396 e. The summed E-state index contributed by atoms with van der Waals surface area (Å²) in [4.78, 5) is 11.6. The van der Waals surface area contributed by atoms with E-state index in [-0.39, 0.29) is 12.5 Å². The number of benzene rings is 1. The monoisotopic (exact) mass is 288 g/mol. The van der Waals surface area contributed by atoms with Crippen molar-refractivity contribution in [2.75, 3.05) is 18.9 Å². The number of nitrogens with one attached hydrogen (secondary N) is 1. The Morgan fingerprint density at radius 3 is 2.86 bits per heavy atom. The highest BCUT2D eigenvalue weighted by Crippen LogP contribution is 2.00. The summed E-state index contributed by atoms with van der Waals surface area (Å²) < 4.78 is 7.05. The summed E-state index contributed by atoms with van der Waals surface area (Å²) in [5, 5.41) is 6.77. The van der Waals surface area contributed by atoms with Crippen molar-refractivity contribution in [2.45, 2.75) is 19.6 Å². The van der Waals surface area contributed by atoms with Crippen LogP contribution < -0.4 is 11.1 Å². The zero-order valence-corrected chi connectivity index (χ0v) is 11.9. The van der Waals surface area contributed by atoms with E-state index in [0.29, 0.717) is 25.4 Å². The van der Waals surface area contributed by atoms with Crippen molar-refractivity contribution in [3.05, 3.63) is 48.3 Å². The van der Waals surface area contributed by atoms with Gasteiger partial charge in [0, 0.05) is 19.3 Å². The molecule has 6 nitrogen and oxygen atoms in total. The molecular formula is C15H20N4O2. The molecule has 0 aliphatic heterocycles. The van der Waals surface area contributed by atoms with Crippen molar-refractivity contribution in [2.24, 2.45) is 0 Å². The first kappa shape index (κ1) is 15.1. The molecule has 0 fully saturated rings. The van der Waals surface area contributed by atoms with Gasteiger partial charge in [0.1, 0.15) is 6.54 Å². The van der Waals surface area contributed by atoms with E-state index in [0.717, 1.165) is 12.0 Å². The lowest BCUT2D eigenvalue weighted by atomic mass is 10.2. The Morgan fingerprint density at radius 1 is 1.33 bits per heavy atom. The maximum Gasteiger partial charge on any atom is 0.241 e. The lowest BCUT2D eigenvalue weighted by molar-refractivity contribution is -0.121. The number of carbonyl (C=O) groups excluding carboxylic acids is 1. The van der Waals surface area contributed by atoms with Crippen LogP contribution in [0.25, 0.3) is 0 Å². The van der Waals surface area contributed by atoms with Crippen molar-refractivity contribution in [1.82, 2.24) is 15.1 Å². The van der Waals surface area contributed by atoms with Gasteiger partial charge in [0.05, 0.1) is 18.5 Å². The van der Waals surface area contributed by atoms with Crippen molar-refractivity contribution in [3.8, 4) is 0 Å².